The average Bonchev–Trinajstić information content (AvgIpc) is 3.46. The molecule has 0 aliphatic carbocycles. The number of benzene rings is 1. The van der Waals surface area contributed by atoms with Gasteiger partial charge in [-0.3, -0.25) is 18.9 Å². The van der Waals surface area contributed by atoms with Gasteiger partial charge in [0.2, 0.25) is 5.91 Å². The highest BCUT2D eigenvalue weighted by Crippen LogP contribution is 2.32. The third-order valence-corrected chi connectivity index (χ3v) is 5.49. The van der Waals surface area contributed by atoms with Crippen LogP contribution in [-0.2, 0) is 4.79 Å². The molecule has 0 spiro atoms. The number of nitrogens with one attached hydrogen (secondary N) is 1. The van der Waals surface area contributed by atoms with Gasteiger partial charge in [0.25, 0.3) is 5.91 Å². The fourth-order valence-electron chi connectivity index (χ4n) is 3.82. The molecule has 0 bridgehead atoms. The Morgan fingerprint density at radius 1 is 1.12 bits per heavy atom. The molecule has 0 atom stereocenters. The quantitative estimate of drug-likeness (QED) is 0.517. The molecule has 4 heterocycles. The van der Waals surface area contributed by atoms with Crippen molar-refractivity contribution in [3.05, 3.63) is 60.3 Å². The number of anilines is 1. The van der Waals surface area contributed by atoms with E-state index in [1.54, 1.807) is 40.0 Å². The summed E-state index contributed by atoms with van der Waals surface area (Å²) in [5.74, 6) is 0.208. The number of rotatable bonds is 4. The summed E-state index contributed by atoms with van der Waals surface area (Å²) in [7, 11) is 1.54. The third-order valence-electron chi connectivity index (χ3n) is 5.49. The van der Waals surface area contributed by atoms with Crippen LogP contribution in [0.3, 0.4) is 0 Å². The molecular weight excluding hydrogens is 420 g/mol. The largest absolute Gasteiger partial charge is 0.354 e. The van der Waals surface area contributed by atoms with Gasteiger partial charge in [-0.15, -0.1) is 0 Å². The molecule has 0 saturated carbocycles. The van der Waals surface area contributed by atoms with Crippen LogP contribution in [0.4, 0.5) is 5.82 Å². The standard InChI is InChI=1S/C23H18N8O2/c1-25-23(33)17-13-31-19(12-27-17)29-21(15-6-4-14(9-24)5-7-15)22(31)16-10-28-18(11-26-16)30-8-2-3-20(30)32/h4-7,10-13H,2-3,8H2,1H3,(H,25,33). The SMILES string of the molecule is CNC(=O)c1cn2c(-c3cnc(N4CCCC4=O)cn3)c(-c3ccc(C#N)cc3)nc2cn1. The summed E-state index contributed by atoms with van der Waals surface area (Å²) in [6, 6.07) is 9.15. The van der Waals surface area contributed by atoms with E-state index in [1.807, 2.05) is 12.1 Å². The zero-order valence-electron chi connectivity index (χ0n) is 17.7. The second-order valence-electron chi connectivity index (χ2n) is 7.49. The highest BCUT2D eigenvalue weighted by Gasteiger charge is 2.24. The van der Waals surface area contributed by atoms with E-state index >= 15 is 0 Å². The maximum atomic E-state index is 12.2. The first-order chi connectivity index (χ1) is 16.1. The number of nitrogens with zero attached hydrogens (tertiary/aromatic N) is 7. The molecule has 162 valence electrons. The number of amides is 2. The van der Waals surface area contributed by atoms with Crippen molar-refractivity contribution in [3.8, 4) is 28.7 Å². The Morgan fingerprint density at radius 2 is 1.94 bits per heavy atom. The number of nitriles is 1. The van der Waals surface area contributed by atoms with Gasteiger partial charge in [0.05, 0.1) is 35.9 Å². The van der Waals surface area contributed by atoms with Crippen LogP contribution in [0.15, 0.2) is 49.1 Å². The maximum Gasteiger partial charge on any atom is 0.271 e. The summed E-state index contributed by atoms with van der Waals surface area (Å²) < 4.78 is 1.75. The summed E-state index contributed by atoms with van der Waals surface area (Å²) in [5.41, 5.74) is 3.80. The van der Waals surface area contributed by atoms with Crippen LogP contribution in [0.1, 0.15) is 28.9 Å². The Bertz CT molecular complexity index is 1420. The van der Waals surface area contributed by atoms with Crippen molar-refractivity contribution in [2.75, 3.05) is 18.5 Å². The Kier molecular flexibility index (Phi) is 4.99. The van der Waals surface area contributed by atoms with Gasteiger partial charge >= 0.3 is 0 Å². The fourth-order valence-corrected chi connectivity index (χ4v) is 3.82. The number of imidazole rings is 1. The van der Waals surface area contributed by atoms with Crippen molar-refractivity contribution in [1.29, 1.82) is 5.26 Å². The van der Waals surface area contributed by atoms with Gasteiger partial charge in [-0.2, -0.15) is 5.26 Å². The van der Waals surface area contributed by atoms with E-state index in [-0.39, 0.29) is 17.5 Å². The van der Waals surface area contributed by atoms with Crippen molar-refractivity contribution in [2.24, 2.45) is 0 Å². The number of carbonyl (C=O) groups is 2. The summed E-state index contributed by atoms with van der Waals surface area (Å²) in [6.07, 6.45) is 7.59. The lowest BCUT2D eigenvalue weighted by Gasteiger charge is -2.14. The number of hydrogen-bond acceptors (Lipinski definition) is 7. The first-order valence-corrected chi connectivity index (χ1v) is 10.3. The molecule has 1 N–H and O–H groups in total. The average molecular weight is 438 g/mol. The lowest BCUT2D eigenvalue weighted by molar-refractivity contribution is -0.117. The van der Waals surface area contributed by atoms with E-state index in [0.717, 1.165) is 12.0 Å². The van der Waals surface area contributed by atoms with Crippen LogP contribution >= 0.6 is 0 Å². The zero-order valence-corrected chi connectivity index (χ0v) is 17.7. The predicted molar refractivity (Wildman–Crippen MR) is 119 cm³/mol. The number of aromatic nitrogens is 5. The third kappa shape index (κ3) is 3.55. The fraction of sp³-hybridized carbons (Fsp3) is 0.174. The van der Waals surface area contributed by atoms with E-state index in [4.69, 9.17) is 10.2 Å². The van der Waals surface area contributed by atoms with E-state index in [2.05, 4.69) is 26.3 Å². The first-order valence-electron chi connectivity index (χ1n) is 10.3. The molecule has 1 fully saturated rings. The predicted octanol–water partition coefficient (Wildman–Crippen LogP) is 2.21. The summed E-state index contributed by atoms with van der Waals surface area (Å²) in [6.45, 7) is 0.625. The highest BCUT2D eigenvalue weighted by molar-refractivity contribution is 5.94. The molecular formula is C23H18N8O2. The highest BCUT2D eigenvalue weighted by atomic mass is 16.2. The molecule has 4 aromatic rings. The Labute approximate surface area is 188 Å². The summed E-state index contributed by atoms with van der Waals surface area (Å²) >= 11 is 0. The first kappa shape index (κ1) is 20.3. The molecule has 1 aliphatic heterocycles. The smallest absolute Gasteiger partial charge is 0.271 e. The second kappa shape index (κ2) is 8.12. The Hall–Kier alpha value is -4.65. The maximum absolute atomic E-state index is 12.2. The van der Waals surface area contributed by atoms with E-state index in [1.165, 1.54) is 13.2 Å². The van der Waals surface area contributed by atoms with Gasteiger partial charge in [-0.25, -0.2) is 19.9 Å². The van der Waals surface area contributed by atoms with Gasteiger partial charge in [0.1, 0.15) is 17.1 Å². The van der Waals surface area contributed by atoms with Crippen molar-refractivity contribution in [2.45, 2.75) is 12.8 Å². The lowest BCUT2D eigenvalue weighted by atomic mass is 10.1. The van der Waals surface area contributed by atoms with E-state index in [0.29, 0.717) is 47.1 Å². The molecule has 0 radical (unpaired) electrons. The van der Waals surface area contributed by atoms with Crippen LogP contribution < -0.4 is 10.2 Å². The minimum absolute atomic E-state index is 0.0337. The van der Waals surface area contributed by atoms with Crippen LogP contribution in [0.25, 0.3) is 28.3 Å². The van der Waals surface area contributed by atoms with Crippen LogP contribution in [0.5, 0.6) is 0 Å². The molecule has 33 heavy (non-hydrogen) atoms. The van der Waals surface area contributed by atoms with Crippen molar-refractivity contribution in [1.82, 2.24) is 29.7 Å². The molecule has 0 unspecified atom stereocenters. The number of hydrogen-bond donors (Lipinski definition) is 1. The van der Waals surface area contributed by atoms with Gasteiger partial charge < -0.3 is 5.32 Å². The lowest BCUT2D eigenvalue weighted by Crippen LogP contribution is -2.24. The Morgan fingerprint density at radius 3 is 2.58 bits per heavy atom. The van der Waals surface area contributed by atoms with Gasteiger partial charge in [0, 0.05) is 31.8 Å². The molecule has 1 aromatic carbocycles. The molecule has 1 aliphatic rings. The van der Waals surface area contributed by atoms with Gasteiger partial charge in [-0.05, 0) is 18.6 Å². The van der Waals surface area contributed by atoms with E-state index in [9.17, 15) is 9.59 Å². The van der Waals surface area contributed by atoms with Gasteiger partial charge in [0.15, 0.2) is 11.5 Å². The number of fused-ring (bicyclic) bond motifs is 1. The zero-order chi connectivity index (χ0) is 22.9. The van der Waals surface area contributed by atoms with Crippen LogP contribution in [0.2, 0.25) is 0 Å². The van der Waals surface area contributed by atoms with Crippen molar-refractivity contribution < 1.29 is 9.59 Å². The molecule has 1 saturated heterocycles. The minimum atomic E-state index is -0.328. The summed E-state index contributed by atoms with van der Waals surface area (Å²) in [5, 5.41) is 11.7. The van der Waals surface area contributed by atoms with Crippen molar-refractivity contribution in [3.63, 3.8) is 0 Å². The van der Waals surface area contributed by atoms with Crippen LogP contribution in [-0.4, -0.2) is 49.7 Å². The number of carbonyl (C=O) groups excluding carboxylic acids is 2. The molecule has 10 heteroatoms. The topological polar surface area (TPSA) is 129 Å². The summed E-state index contributed by atoms with van der Waals surface area (Å²) in [4.78, 5) is 43.8. The minimum Gasteiger partial charge on any atom is -0.354 e. The second-order valence-corrected chi connectivity index (χ2v) is 7.49. The molecule has 10 nitrogen and oxygen atoms in total. The molecule has 2 amide bonds. The molecule has 5 rings (SSSR count). The van der Waals surface area contributed by atoms with Gasteiger partial charge in [-0.1, -0.05) is 12.1 Å². The van der Waals surface area contributed by atoms with E-state index < -0.39 is 0 Å². The Balaban J connectivity index is 1.68. The van der Waals surface area contributed by atoms with Crippen molar-refractivity contribution >= 4 is 23.3 Å². The normalized spacial score (nSPS) is 13.3. The van der Waals surface area contributed by atoms with Crippen LogP contribution in [0, 0.1) is 11.3 Å². The molecule has 3 aromatic heterocycles. The monoisotopic (exact) mass is 438 g/mol.